The van der Waals surface area contributed by atoms with E-state index in [0.29, 0.717) is 0 Å². The van der Waals surface area contributed by atoms with E-state index in [0.717, 1.165) is 0 Å². The van der Waals surface area contributed by atoms with Gasteiger partial charge < -0.3 is 0 Å². The first-order chi connectivity index (χ1) is 5.91. The molecule has 2 aliphatic heterocycles. The van der Waals surface area contributed by atoms with Gasteiger partial charge in [0.1, 0.15) is 9.49 Å². The monoisotopic (exact) mass is 196 g/mol. The second kappa shape index (κ2) is 2.15. The molecule has 2 bridgehead atoms. The summed E-state index contributed by atoms with van der Waals surface area (Å²) in [6, 6.07) is 0. The summed E-state index contributed by atoms with van der Waals surface area (Å²) < 4.78 is 22.5. The Morgan fingerprint density at radius 3 is 1.62 bits per heavy atom. The Bertz CT molecular complexity index is 394. The van der Waals surface area contributed by atoms with E-state index in [-0.39, 0.29) is 0 Å². The Kier molecular flexibility index (Phi) is 1.45. The van der Waals surface area contributed by atoms with E-state index < -0.39 is 19.3 Å². The summed E-state index contributed by atoms with van der Waals surface area (Å²) in [5, 5.41) is 0. The first-order valence-corrected chi connectivity index (χ1v) is 5.71. The van der Waals surface area contributed by atoms with Gasteiger partial charge in [-0.05, 0) is 13.8 Å². The Hall–Kier alpha value is -0.830. The van der Waals surface area contributed by atoms with Gasteiger partial charge in [0.2, 0.25) is 0 Å². The van der Waals surface area contributed by atoms with Crippen LogP contribution in [0.2, 0.25) is 0 Å². The molecule has 0 N–H and O–H groups in total. The van der Waals surface area contributed by atoms with E-state index in [4.69, 9.17) is 0 Å². The van der Waals surface area contributed by atoms with Gasteiger partial charge in [0.15, 0.2) is 9.84 Å². The van der Waals surface area contributed by atoms with Crippen molar-refractivity contribution in [1.29, 1.82) is 0 Å². The molecule has 0 radical (unpaired) electrons. The predicted molar refractivity (Wildman–Crippen MR) is 53.1 cm³/mol. The number of hydrogen-bond donors (Lipinski definition) is 0. The maximum atomic E-state index is 12.1. The third kappa shape index (κ3) is 0.854. The predicted octanol–water partition coefficient (Wildman–Crippen LogP) is 1.61. The minimum Gasteiger partial charge on any atom is -0.226 e. The Balaban J connectivity index is 2.79. The van der Waals surface area contributed by atoms with Crippen LogP contribution in [-0.2, 0) is 9.84 Å². The molecule has 0 fully saturated rings. The van der Waals surface area contributed by atoms with Crippen molar-refractivity contribution in [3.05, 3.63) is 36.5 Å². The van der Waals surface area contributed by atoms with E-state index in [1.807, 2.05) is 0 Å². The SMILES string of the molecule is C[C@]12C=CC=C[C@@](C)(C=C1)S2(=O)=O. The lowest BCUT2D eigenvalue weighted by atomic mass is 10.0. The van der Waals surface area contributed by atoms with E-state index in [9.17, 15) is 8.42 Å². The molecule has 0 unspecified atom stereocenters. The van der Waals surface area contributed by atoms with Gasteiger partial charge in [0, 0.05) is 0 Å². The lowest BCUT2D eigenvalue weighted by Gasteiger charge is -2.23. The molecule has 13 heavy (non-hydrogen) atoms. The molecule has 2 aliphatic rings. The Labute approximate surface area is 78.6 Å². The fourth-order valence-electron chi connectivity index (χ4n) is 1.77. The molecule has 2 heterocycles. The molecule has 0 spiro atoms. The van der Waals surface area contributed by atoms with Crippen molar-refractivity contribution in [2.45, 2.75) is 23.3 Å². The molecular weight excluding hydrogens is 184 g/mol. The van der Waals surface area contributed by atoms with Crippen LogP contribution in [0.25, 0.3) is 0 Å². The van der Waals surface area contributed by atoms with Gasteiger partial charge >= 0.3 is 0 Å². The zero-order valence-electron chi connectivity index (χ0n) is 7.69. The van der Waals surface area contributed by atoms with E-state index in [1.165, 1.54) is 0 Å². The summed E-state index contributed by atoms with van der Waals surface area (Å²) in [4.78, 5) is 0. The highest BCUT2D eigenvalue weighted by molar-refractivity contribution is 7.95. The highest BCUT2D eigenvalue weighted by Gasteiger charge is 2.51. The first-order valence-electron chi connectivity index (χ1n) is 4.23. The van der Waals surface area contributed by atoms with Crippen molar-refractivity contribution in [1.82, 2.24) is 0 Å². The fourth-order valence-corrected chi connectivity index (χ4v) is 3.72. The van der Waals surface area contributed by atoms with E-state index >= 15 is 0 Å². The van der Waals surface area contributed by atoms with Crippen LogP contribution in [0.3, 0.4) is 0 Å². The van der Waals surface area contributed by atoms with Crippen LogP contribution in [0.5, 0.6) is 0 Å². The topological polar surface area (TPSA) is 34.1 Å². The third-order valence-corrected chi connectivity index (χ3v) is 5.73. The number of hydrogen-bond acceptors (Lipinski definition) is 2. The Morgan fingerprint density at radius 2 is 1.23 bits per heavy atom. The largest absolute Gasteiger partial charge is 0.226 e. The Morgan fingerprint density at radius 1 is 0.846 bits per heavy atom. The van der Waals surface area contributed by atoms with Crippen LogP contribution in [0.1, 0.15) is 13.8 Å². The second-order valence-corrected chi connectivity index (χ2v) is 6.69. The molecule has 0 aromatic rings. The molecule has 0 aliphatic carbocycles. The molecule has 3 heteroatoms. The van der Waals surface area contributed by atoms with Gasteiger partial charge in [0.25, 0.3) is 0 Å². The summed E-state index contributed by atoms with van der Waals surface area (Å²) in [6.07, 6.45) is 10.6. The average Bonchev–Trinajstić information content (AvgIpc) is 2.15. The van der Waals surface area contributed by atoms with Crippen LogP contribution in [-0.4, -0.2) is 17.9 Å². The fraction of sp³-hybridized carbons (Fsp3) is 0.400. The van der Waals surface area contributed by atoms with Gasteiger partial charge in [-0.2, -0.15) is 0 Å². The number of allylic oxidation sites excluding steroid dienone is 2. The normalized spacial score (nSPS) is 45.1. The van der Waals surface area contributed by atoms with E-state index in [2.05, 4.69) is 0 Å². The molecule has 70 valence electrons. The van der Waals surface area contributed by atoms with Crippen LogP contribution in [0.15, 0.2) is 36.5 Å². The van der Waals surface area contributed by atoms with Crippen LogP contribution in [0, 0.1) is 0 Å². The zero-order valence-corrected chi connectivity index (χ0v) is 8.51. The highest BCUT2D eigenvalue weighted by atomic mass is 32.2. The van der Waals surface area contributed by atoms with Gasteiger partial charge in [-0.1, -0.05) is 36.5 Å². The summed E-state index contributed by atoms with van der Waals surface area (Å²) in [6.45, 7) is 3.46. The molecule has 0 aromatic carbocycles. The van der Waals surface area contributed by atoms with Crippen LogP contribution in [0.4, 0.5) is 0 Å². The van der Waals surface area contributed by atoms with Crippen molar-refractivity contribution in [3.8, 4) is 0 Å². The molecular formula is C10H12O2S. The quantitative estimate of drug-likeness (QED) is 0.552. The maximum absolute atomic E-state index is 12.1. The number of sulfone groups is 1. The van der Waals surface area contributed by atoms with E-state index in [1.54, 1.807) is 50.3 Å². The second-order valence-electron chi connectivity index (χ2n) is 3.92. The molecule has 0 amide bonds. The molecule has 0 aromatic heterocycles. The van der Waals surface area contributed by atoms with Crippen LogP contribution < -0.4 is 0 Å². The van der Waals surface area contributed by atoms with Gasteiger partial charge in [-0.25, -0.2) is 8.42 Å². The lowest BCUT2D eigenvalue weighted by molar-refractivity contribution is 0.571. The zero-order chi connectivity index (χ0) is 9.74. The average molecular weight is 196 g/mol. The van der Waals surface area contributed by atoms with Gasteiger partial charge in [-0.3, -0.25) is 0 Å². The highest BCUT2D eigenvalue weighted by Crippen LogP contribution is 2.41. The van der Waals surface area contributed by atoms with Crippen molar-refractivity contribution in [2.24, 2.45) is 0 Å². The summed E-state index contributed by atoms with van der Waals surface area (Å²) in [5.74, 6) is 0. The van der Waals surface area contributed by atoms with Crippen LogP contribution >= 0.6 is 0 Å². The summed E-state index contributed by atoms with van der Waals surface area (Å²) >= 11 is 0. The summed E-state index contributed by atoms with van der Waals surface area (Å²) in [7, 11) is -3.15. The minimum absolute atomic E-state index is 0.814. The van der Waals surface area contributed by atoms with Crippen molar-refractivity contribution in [3.63, 3.8) is 0 Å². The maximum Gasteiger partial charge on any atom is 0.175 e. The molecule has 2 nitrogen and oxygen atoms in total. The smallest absolute Gasteiger partial charge is 0.175 e. The first kappa shape index (κ1) is 8.75. The van der Waals surface area contributed by atoms with Crippen molar-refractivity contribution in [2.75, 3.05) is 0 Å². The minimum atomic E-state index is -3.15. The van der Waals surface area contributed by atoms with Gasteiger partial charge in [-0.15, -0.1) is 0 Å². The molecule has 2 atom stereocenters. The summed E-state index contributed by atoms with van der Waals surface area (Å²) in [5.41, 5.74) is 0. The molecule has 0 saturated carbocycles. The lowest BCUT2D eigenvalue weighted by Crippen LogP contribution is -2.38. The molecule has 2 rings (SSSR count). The van der Waals surface area contributed by atoms with Crippen molar-refractivity contribution >= 4 is 9.84 Å². The van der Waals surface area contributed by atoms with Crippen molar-refractivity contribution < 1.29 is 8.42 Å². The van der Waals surface area contributed by atoms with Gasteiger partial charge in [0.05, 0.1) is 0 Å². The number of rotatable bonds is 0. The standard InChI is InChI=1S/C10H12O2S/c1-9-5-3-4-6-10(2,8-7-9)13(9,11)12/h3-8H,1-2H3/t9-,10-/m0/s1. The number of fused-ring (bicyclic) bond motifs is 2. The molecule has 0 saturated heterocycles. The third-order valence-electron chi connectivity index (χ3n) is 2.87.